The minimum Gasteiger partial charge on any atom is -0.310 e. The first-order chi connectivity index (χ1) is 35.2. The predicted octanol–water partition coefficient (Wildman–Crippen LogP) is 18.6. The van der Waals surface area contributed by atoms with Crippen LogP contribution in [0.3, 0.4) is 0 Å². The molecule has 1 saturated carbocycles. The summed E-state index contributed by atoms with van der Waals surface area (Å²) in [6, 6.07) is 90.7. The van der Waals surface area contributed by atoms with E-state index in [0.29, 0.717) is 0 Å². The molecule has 0 radical (unpaired) electrons. The number of benzene rings is 12. The largest absolute Gasteiger partial charge is 0.310 e. The summed E-state index contributed by atoms with van der Waals surface area (Å²) in [6.07, 6.45) is 4.89. The lowest BCUT2D eigenvalue weighted by atomic mass is 9.70. The standard InChI is InChI=1S/C70H47N/c1-2-18-45-39-47(33-31-44(45)17-1)71(48-34-36-53-51-21-4-3-19-49(51)50-20-5-6-22-52(50)60(53)41-48)68-43-67-61(42-59(68)46-32-35-58-54-23-7-11-27-62(54)69(66(58)40-46)37-15-16-38-69)57-26-10-14-30-65(57)70(67)63-28-12-8-24-55(63)56-25-9-13-29-64(56)70/h1-14,17-36,39-43H,15-16,37-38H2. The topological polar surface area (TPSA) is 3.24 Å². The Hall–Kier alpha value is -8.52. The van der Waals surface area contributed by atoms with Crippen molar-refractivity contribution in [3.05, 3.63) is 270 Å². The van der Waals surface area contributed by atoms with Gasteiger partial charge in [-0.25, -0.2) is 0 Å². The second-order valence-electron chi connectivity index (χ2n) is 20.6. The minimum atomic E-state index is -0.507. The van der Waals surface area contributed by atoms with Crippen LogP contribution in [-0.2, 0) is 10.8 Å². The van der Waals surface area contributed by atoms with Crippen LogP contribution in [0.25, 0.3) is 87.6 Å². The fourth-order valence-corrected chi connectivity index (χ4v) is 14.5. The van der Waals surface area contributed by atoms with Crippen LogP contribution < -0.4 is 4.90 Å². The van der Waals surface area contributed by atoms with Crippen molar-refractivity contribution >= 4 is 60.2 Å². The summed E-state index contributed by atoms with van der Waals surface area (Å²) in [4.78, 5) is 2.60. The number of hydrogen-bond donors (Lipinski definition) is 0. The Bertz CT molecular complexity index is 4180. The zero-order valence-electron chi connectivity index (χ0n) is 39.3. The molecule has 0 atom stereocenters. The maximum Gasteiger partial charge on any atom is 0.0726 e. The summed E-state index contributed by atoms with van der Waals surface area (Å²) >= 11 is 0. The number of nitrogens with zero attached hydrogens (tertiary/aromatic N) is 1. The number of fused-ring (bicyclic) bond motifs is 22. The van der Waals surface area contributed by atoms with E-state index in [1.54, 1.807) is 0 Å². The van der Waals surface area contributed by atoms with Gasteiger partial charge in [0, 0.05) is 22.4 Å². The van der Waals surface area contributed by atoms with Crippen LogP contribution in [0.4, 0.5) is 17.1 Å². The van der Waals surface area contributed by atoms with Crippen LogP contribution in [0.1, 0.15) is 59.1 Å². The van der Waals surface area contributed by atoms with Gasteiger partial charge in [-0.15, -0.1) is 0 Å². The quantitative estimate of drug-likeness (QED) is 0.159. The van der Waals surface area contributed by atoms with Crippen molar-refractivity contribution in [3.8, 4) is 44.5 Å². The second kappa shape index (κ2) is 14.5. The van der Waals surface area contributed by atoms with E-state index in [4.69, 9.17) is 0 Å². The highest BCUT2D eigenvalue weighted by Crippen LogP contribution is 2.65. The van der Waals surface area contributed by atoms with Gasteiger partial charge in [0.1, 0.15) is 0 Å². The van der Waals surface area contributed by atoms with E-state index in [2.05, 4.69) is 241 Å². The zero-order chi connectivity index (χ0) is 46.4. The average Bonchev–Trinajstić information content (AvgIpc) is 4.20. The van der Waals surface area contributed by atoms with Gasteiger partial charge >= 0.3 is 0 Å². The molecule has 0 saturated heterocycles. The van der Waals surface area contributed by atoms with E-state index in [1.807, 2.05) is 0 Å². The summed E-state index contributed by atoms with van der Waals surface area (Å²) in [5.74, 6) is 0. The van der Waals surface area contributed by atoms with Gasteiger partial charge in [0.25, 0.3) is 0 Å². The summed E-state index contributed by atoms with van der Waals surface area (Å²) in [5, 5.41) is 10.1. The first kappa shape index (κ1) is 39.3. The molecule has 0 unspecified atom stereocenters. The molecule has 16 rings (SSSR count). The summed E-state index contributed by atoms with van der Waals surface area (Å²) in [7, 11) is 0. The molecule has 0 N–H and O–H groups in total. The lowest BCUT2D eigenvalue weighted by molar-refractivity contribution is 0.550. The normalized spacial score (nSPS) is 15.0. The fraction of sp³-hybridized carbons (Fsp3) is 0.0857. The van der Waals surface area contributed by atoms with Gasteiger partial charge in [0.2, 0.25) is 0 Å². The van der Waals surface area contributed by atoms with Gasteiger partial charge in [-0.05, 0) is 171 Å². The third-order valence-corrected chi connectivity index (χ3v) is 17.4. The van der Waals surface area contributed by atoms with Crippen molar-refractivity contribution in [1.82, 2.24) is 0 Å². The molecular formula is C70H47N. The Morgan fingerprint density at radius 3 is 1.41 bits per heavy atom. The maximum absolute atomic E-state index is 2.62. The molecule has 4 aliphatic rings. The highest BCUT2D eigenvalue weighted by molar-refractivity contribution is 6.26. The molecule has 71 heavy (non-hydrogen) atoms. The Morgan fingerprint density at radius 2 is 0.761 bits per heavy atom. The van der Waals surface area contributed by atoms with Crippen molar-refractivity contribution in [3.63, 3.8) is 0 Å². The summed E-state index contributed by atoms with van der Waals surface area (Å²) < 4.78 is 0. The molecule has 12 aromatic carbocycles. The third kappa shape index (κ3) is 5.20. The monoisotopic (exact) mass is 901 g/mol. The van der Waals surface area contributed by atoms with Crippen molar-refractivity contribution in [2.45, 2.75) is 36.5 Å². The molecule has 2 spiro atoms. The van der Waals surface area contributed by atoms with E-state index in [1.165, 1.54) is 152 Å². The molecule has 0 heterocycles. The fourth-order valence-electron chi connectivity index (χ4n) is 14.5. The van der Waals surface area contributed by atoms with Crippen molar-refractivity contribution in [2.75, 3.05) is 4.90 Å². The minimum absolute atomic E-state index is 0.0347. The Balaban J connectivity index is 1.04. The molecule has 332 valence electrons. The van der Waals surface area contributed by atoms with Crippen LogP contribution >= 0.6 is 0 Å². The third-order valence-electron chi connectivity index (χ3n) is 17.4. The molecule has 0 amide bonds. The van der Waals surface area contributed by atoms with Crippen molar-refractivity contribution in [1.29, 1.82) is 0 Å². The van der Waals surface area contributed by atoms with Crippen LogP contribution in [0.2, 0.25) is 0 Å². The molecular weight excluding hydrogens is 855 g/mol. The Kier molecular flexibility index (Phi) is 8.04. The smallest absolute Gasteiger partial charge is 0.0726 e. The first-order valence-electron chi connectivity index (χ1n) is 25.5. The molecule has 4 aliphatic carbocycles. The van der Waals surface area contributed by atoms with Gasteiger partial charge < -0.3 is 4.90 Å². The van der Waals surface area contributed by atoms with Crippen LogP contribution in [-0.4, -0.2) is 0 Å². The highest BCUT2D eigenvalue weighted by Gasteiger charge is 2.52. The lowest BCUT2D eigenvalue weighted by Crippen LogP contribution is -2.26. The van der Waals surface area contributed by atoms with Crippen LogP contribution in [0, 0.1) is 0 Å². The van der Waals surface area contributed by atoms with Crippen molar-refractivity contribution < 1.29 is 0 Å². The maximum atomic E-state index is 2.62. The predicted molar refractivity (Wildman–Crippen MR) is 298 cm³/mol. The van der Waals surface area contributed by atoms with Gasteiger partial charge in [-0.2, -0.15) is 0 Å². The zero-order valence-corrected chi connectivity index (χ0v) is 39.3. The average molecular weight is 902 g/mol. The molecule has 0 aliphatic heterocycles. The SMILES string of the molecule is c1ccc2c(c1)-c1ccc(-c3cc4c(cc3N(c3ccc5ccccc5c3)c3ccc5c6ccccc6c6ccccc6c5c3)C3(c5ccccc5-c5ccccc53)c3ccccc3-4)cc1C21CCCC1. The van der Waals surface area contributed by atoms with E-state index in [0.717, 1.165) is 11.4 Å². The van der Waals surface area contributed by atoms with Gasteiger partial charge in [0.05, 0.1) is 11.1 Å². The Labute approximate surface area is 413 Å². The molecule has 1 heteroatoms. The van der Waals surface area contributed by atoms with E-state index in [-0.39, 0.29) is 5.41 Å². The highest BCUT2D eigenvalue weighted by atomic mass is 15.1. The second-order valence-corrected chi connectivity index (χ2v) is 20.6. The summed E-state index contributed by atoms with van der Waals surface area (Å²) in [5.41, 5.74) is 21.9. The number of hydrogen-bond acceptors (Lipinski definition) is 1. The molecule has 12 aromatic rings. The van der Waals surface area contributed by atoms with Crippen molar-refractivity contribution in [2.24, 2.45) is 0 Å². The van der Waals surface area contributed by atoms with Crippen LogP contribution in [0.15, 0.2) is 237 Å². The van der Waals surface area contributed by atoms with Gasteiger partial charge in [0.15, 0.2) is 0 Å². The first-order valence-corrected chi connectivity index (χ1v) is 25.5. The lowest BCUT2D eigenvalue weighted by Gasteiger charge is -2.34. The number of anilines is 3. The Morgan fingerprint density at radius 1 is 0.282 bits per heavy atom. The summed E-state index contributed by atoms with van der Waals surface area (Å²) in [6.45, 7) is 0. The van der Waals surface area contributed by atoms with Crippen LogP contribution in [0.5, 0.6) is 0 Å². The van der Waals surface area contributed by atoms with E-state index < -0.39 is 5.41 Å². The molecule has 0 aromatic heterocycles. The van der Waals surface area contributed by atoms with E-state index in [9.17, 15) is 0 Å². The molecule has 0 bridgehead atoms. The van der Waals surface area contributed by atoms with Gasteiger partial charge in [-0.3, -0.25) is 0 Å². The number of rotatable bonds is 4. The molecule has 1 nitrogen and oxygen atoms in total. The molecule has 1 fully saturated rings. The van der Waals surface area contributed by atoms with E-state index >= 15 is 0 Å². The van der Waals surface area contributed by atoms with Gasteiger partial charge in [-0.1, -0.05) is 207 Å².